The lowest BCUT2D eigenvalue weighted by Crippen LogP contribution is -2.50. The van der Waals surface area contributed by atoms with Gasteiger partial charge in [0, 0.05) is 50.2 Å². The highest BCUT2D eigenvalue weighted by Crippen LogP contribution is 2.30. The van der Waals surface area contributed by atoms with Gasteiger partial charge in [-0.3, -0.25) is 9.78 Å². The van der Waals surface area contributed by atoms with Crippen molar-refractivity contribution in [2.45, 2.75) is 4.90 Å². The second-order valence-corrected chi connectivity index (χ2v) is 7.89. The molecule has 1 amide bonds. The van der Waals surface area contributed by atoms with Gasteiger partial charge in [0.25, 0.3) is 5.91 Å². The Bertz CT molecular complexity index is 910. The Kier molecular flexibility index (Phi) is 5.62. The Hall–Kier alpha value is -2.65. The monoisotopic (exact) mass is 391 g/mol. The smallest absolute Gasteiger partial charge is 0.254 e. The number of amides is 1. The van der Waals surface area contributed by atoms with Crippen LogP contribution in [0, 0.1) is 0 Å². The summed E-state index contributed by atoms with van der Waals surface area (Å²) in [5, 5.41) is 0. The lowest BCUT2D eigenvalue weighted by molar-refractivity contribution is 0.0698. The van der Waals surface area contributed by atoms with E-state index in [2.05, 4.69) is 4.98 Å². The molecule has 0 radical (unpaired) electrons. The number of aromatic nitrogens is 1. The fourth-order valence-electron chi connectivity index (χ4n) is 2.93. The van der Waals surface area contributed by atoms with Crippen LogP contribution in [0.3, 0.4) is 0 Å². The van der Waals surface area contributed by atoms with Crippen molar-refractivity contribution in [3.63, 3.8) is 0 Å². The molecule has 0 aliphatic carbocycles. The van der Waals surface area contributed by atoms with E-state index >= 15 is 0 Å². The minimum absolute atomic E-state index is 0.124. The second kappa shape index (κ2) is 7.93. The van der Waals surface area contributed by atoms with E-state index in [-0.39, 0.29) is 23.9 Å². The predicted octanol–water partition coefficient (Wildman–Crippen LogP) is 1.25. The highest BCUT2D eigenvalue weighted by molar-refractivity contribution is 7.89. The SMILES string of the molecule is COc1ccc(S(=O)(=O)N2CCN(C(=O)c3ccncc3)CC2)cc1OC. The van der Waals surface area contributed by atoms with Crippen LogP contribution < -0.4 is 9.47 Å². The Balaban J connectivity index is 1.72. The molecule has 9 heteroatoms. The first-order chi connectivity index (χ1) is 13.0. The summed E-state index contributed by atoms with van der Waals surface area (Å²) in [6.07, 6.45) is 3.12. The number of ether oxygens (including phenoxy) is 2. The van der Waals surface area contributed by atoms with E-state index in [1.165, 1.54) is 30.7 Å². The Morgan fingerprint density at radius 1 is 0.963 bits per heavy atom. The highest BCUT2D eigenvalue weighted by atomic mass is 32.2. The van der Waals surface area contributed by atoms with Crippen molar-refractivity contribution in [3.8, 4) is 11.5 Å². The third-order valence-corrected chi connectivity index (χ3v) is 6.34. The molecular formula is C18H21N3O5S. The predicted molar refractivity (Wildman–Crippen MR) is 98.4 cm³/mol. The van der Waals surface area contributed by atoms with Crippen LogP contribution in [0.4, 0.5) is 0 Å². The van der Waals surface area contributed by atoms with Gasteiger partial charge in [0.1, 0.15) is 0 Å². The zero-order valence-electron chi connectivity index (χ0n) is 15.2. The third kappa shape index (κ3) is 3.88. The molecule has 2 aromatic rings. The summed E-state index contributed by atoms with van der Waals surface area (Å²) in [4.78, 5) is 18.2. The minimum atomic E-state index is -3.68. The molecule has 1 aromatic heterocycles. The number of nitrogens with zero attached hydrogens (tertiary/aromatic N) is 3. The maximum absolute atomic E-state index is 12.9. The molecule has 27 heavy (non-hydrogen) atoms. The standard InChI is InChI=1S/C18H21N3O5S/c1-25-16-4-3-15(13-17(16)26-2)27(23,24)21-11-9-20(10-12-21)18(22)14-5-7-19-8-6-14/h3-8,13H,9-12H2,1-2H3. The average Bonchev–Trinajstić information content (AvgIpc) is 2.73. The normalized spacial score (nSPS) is 15.4. The topological polar surface area (TPSA) is 89.0 Å². The summed E-state index contributed by atoms with van der Waals surface area (Å²) in [5.74, 6) is 0.690. The molecule has 1 aliphatic heterocycles. The molecule has 1 aliphatic rings. The summed E-state index contributed by atoms with van der Waals surface area (Å²) in [6.45, 7) is 1.11. The molecule has 1 aromatic carbocycles. The van der Waals surface area contributed by atoms with Gasteiger partial charge in [0.05, 0.1) is 19.1 Å². The van der Waals surface area contributed by atoms with E-state index in [0.29, 0.717) is 30.2 Å². The zero-order chi connectivity index (χ0) is 19.4. The first kappa shape index (κ1) is 19.1. The number of carbonyl (C=O) groups is 1. The Morgan fingerprint density at radius 3 is 2.19 bits per heavy atom. The average molecular weight is 391 g/mol. The largest absolute Gasteiger partial charge is 0.493 e. The summed E-state index contributed by atoms with van der Waals surface area (Å²) < 4.78 is 37.6. The summed E-state index contributed by atoms with van der Waals surface area (Å²) in [6, 6.07) is 7.80. The van der Waals surface area contributed by atoms with Crippen LogP contribution >= 0.6 is 0 Å². The second-order valence-electron chi connectivity index (χ2n) is 5.95. The summed E-state index contributed by atoms with van der Waals surface area (Å²) in [5.41, 5.74) is 0.543. The molecule has 8 nitrogen and oxygen atoms in total. The van der Waals surface area contributed by atoms with Gasteiger partial charge in [-0.25, -0.2) is 8.42 Å². The number of sulfonamides is 1. The van der Waals surface area contributed by atoms with E-state index in [1.807, 2.05) is 0 Å². The first-order valence-electron chi connectivity index (χ1n) is 8.39. The molecule has 1 fully saturated rings. The van der Waals surface area contributed by atoms with Gasteiger partial charge >= 0.3 is 0 Å². The van der Waals surface area contributed by atoms with Gasteiger partial charge in [0.15, 0.2) is 11.5 Å². The van der Waals surface area contributed by atoms with Gasteiger partial charge < -0.3 is 14.4 Å². The van der Waals surface area contributed by atoms with Crippen molar-refractivity contribution in [2.75, 3.05) is 40.4 Å². The fraction of sp³-hybridized carbons (Fsp3) is 0.333. The molecule has 1 saturated heterocycles. The van der Waals surface area contributed by atoms with Gasteiger partial charge in [0.2, 0.25) is 10.0 Å². The number of benzene rings is 1. The molecule has 0 bridgehead atoms. The number of hydrogen-bond acceptors (Lipinski definition) is 6. The Labute approximate surface area is 158 Å². The number of piperazine rings is 1. The van der Waals surface area contributed by atoms with Crippen molar-refractivity contribution in [1.29, 1.82) is 0 Å². The van der Waals surface area contributed by atoms with Crippen molar-refractivity contribution in [1.82, 2.24) is 14.2 Å². The lowest BCUT2D eigenvalue weighted by atomic mass is 10.2. The molecule has 0 unspecified atom stereocenters. The molecule has 2 heterocycles. The van der Waals surface area contributed by atoms with Crippen molar-refractivity contribution >= 4 is 15.9 Å². The van der Waals surface area contributed by atoms with E-state index in [9.17, 15) is 13.2 Å². The molecule has 0 N–H and O–H groups in total. The number of carbonyl (C=O) groups excluding carboxylic acids is 1. The molecule has 0 saturated carbocycles. The number of rotatable bonds is 5. The van der Waals surface area contributed by atoms with Gasteiger partial charge in [-0.1, -0.05) is 0 Å². The van der Waals surface area contributed by atoms with Crippen LogP contribution in [0.15, 0.2) is 47.6 Å². The molecule has 0 spiro atoms. The zero-order valence-corrected chi connectivity index (χ0v) is 16.0. The van der Waals surface area contributed by atoms with Gasteiger partial charge in [-0.2, -0.15) is 4.31 Å². The Morgan fingerprint density at radius 2 is 1.59 bits per heavy atom. The van der Waals surface area contributed by atoms with Gasteiger partial charge in [-0.15, -0.1) is 0 Å². The lowest BCUT2D eigenvalue weighted by Gasteiger charge is -2.34. The van der Waals surface area contributed by atoms with Crippen LogP contribution in [-0.2, 0) is 10.0 Å². The maximum Gasteiger partial charge on any atom is 0.254 e. The van der Waals surface area contributed by atoms with Crippen LogP contribution in [0.5, 0.6) is 11.5 Å². The van der Waals surface area contributed by atoms with E-state index < -0.39 is 10.0 Å². The molecular weight excluding hydrogens is 370 g/mol. The van der Waals surface area contributed by atoms with Crippen LogP contribution in [0.1, 0.15) is 10.4 Å². The van der Waals surface area contributed by atoms with Crippen LogP contribution in [0.25, 0.3) is 0 Å². The molecule has 144 valence electrons. The highest BCUT2D eigenvalue weighted by Gasteiger charge is 2.31. The molecule has 3 rings (SSSR count). The van der Waals surface area contributed by atoms with Crippen molar-refractivity contribution in [3.05, 3.63) is 48.3 Å². The maximum atomic E-state index is 12.9. The van der Waals surface area contributed by atoms with Crippen LogP contribution in [0.2, 0.25) is 0 Å². The first-order valence-corrected chi connectivity index (χ1v) is 9.83. The molecule has 0 atom stereocenters. The summed E-state index contributed by atoms with van der Waals surface area (Å²) in [7, 11) is -0.736. The fourth-order valence-corrected chi connectivity index (χ4v) is 4.37. The van der Waals surface area contributed by atoms with Crippen LogP contribution in [-0.4, -0.2) is 68.9 Å². The quantitative estimate of drug-likeness (QED) is 0.762. The van der Waals surface area contributed by atoms with Crippen molar-refractivity contribution < 1.29 is 22.7 Å². The van der Waals surface area contributed by atoms with E-state index in [1.54, 1.807) is 35.5 Å². The number of hydrogen-bond donors (Lipinski definition) is 0. The third-order valence-electron chi connectivity index (χ3n) is 4.45. The van der Waals surface area contributed by atoms with Crippen molar-refractivity contribution in [2.24, 2.45) is 0 Å². The van der Waals surface area contributed by atoms with E-state index in [0.717, 1.165) is 0 Å². The summed E-state index contributed by atoms with van der Waals surface area (Å²) >= 11 is 0. The minimum Gasteiger partial charge on any atom is -0.493 e. The number of pyridine rings is 1. The van der Waals surface area contributed by atoms with Gasteiger partial charge in [-0.05, 0) is 24.3 Å². The van der Waals surface area contributed by atoms with E-state index in [4.69, 9.17) is 9.47 Å². The number of methoxy groups -OCH3 is 2.